The average molecular weight is 299 g/mol. The van der Waals surface area contributed by atoms with E-state index in [1.807, 2.05) is 37.3 Å². The second kappa shape index (κ2) is 7.40. The van der Waals surface area contributed by atoms with Gasteiger partial charge in [-0.1, -0.05) is 37.3 Å². The van der Waals surface area contributed by atoms with Gasteiger partial charge >= 0.3 is 5.97 Å². The fraction of sp³-hybridized carbons (Fsp3) is 0.500. The van der Waals surface area contributed by atoms with Crippen molar-refractivity contribution in [2.75, 3.05) is 12.4 Å². The minimum Gasteiger partial charge on any atom is -0.465 e. The van der Waals surface area contributed by atoms with Crippen LogP contribution in [-0.4, -0.2) is 32.8 Å². The molecular weight excluding hydrogens is 278 g/mol. The number of carbonyl (C=O) groups is 1. The first-order chi connectivity index (χ1) is 9.35. The Labute approximate surface area is 120 Å². The Balaban J connectivity index is 2.64. The summed E-state index contributed by atoms with van der Waals surface area (Å²) in [5.74, 6) is -0.785. The topological polar surface area (TPSA) is 72.5 Å². The molecule has 1 aromatic carbocycles. The van der Waals surface area contributed by atoms with Gasteiger partial charge in [0.05, 0.1) is 12.4 Å². The molecule has 112 valence electrons. The summed E-state index contributed by atoms with van der Waals surface area (Å²) in [6, 6.07) is 8.51. The van der Waals surface area contributed by atoms with Gasteiger partial charge in [0, 0.05) is 0 Å². The summed E-state index contributed by atoms with van der Waals surface area (Å²) in [4.78, 5) is 11.4. The van der Waals surface area contributed by atoms with Crippen LogP contribution in [-0.2, 0) is 19.6 Å². The maximum Gasteiger partial charge on any atom is 0.323 e. The van der Waals surface area contributed by atoms with Gasteiger partial charge in [0.25, 0.3) is 0 Å². The van der Waals surface area contributed by atoms with E-state index >= 15 is 0 Å². The summed E-state index contributed by atoms with van der Waals surface area (Å²) < 4.78 is 31.1. The van der Waals surface area contributed by atoms with Crippen LogP contribution in [0.15, 0.2) is 30.3 Å². The van der Waals surface area contributed by atoms with Crippen LogP contribution in [0.1, 0.15) is 32.3 Å². The Kier molecular flexibility index (Phi) is 6.16. The second-order valence-electron chi connectivity index (χ2n) is 4.68. The fourth-order valence-electron chi connectivity index (χ4n) is 1.84. The standard InChI is InChI=1S/C14H21NO4S/c1-4-19-14(16)12(3)15-20(17,18)10-11(2)13-8-6-5-7-9-13/h5-9,11-12,15H,4,10H2,1-3H3. The quantitative estimate of drug-likeness (QED) is 0.777. The van der Waals surface area contributed by atoms with E-state index in [4.69, 9.17) is 4.74 Å². The predicted molar refractivity (Wildman–Crippen MR) is 77.9 cm³/mol. The van der Waals surface area contributed by atoms with Crippen LogP contribution in [0.3, 0.4) is 0 Å². The van der Waals surface area contributed by atoms with Crippen molar-refractivity contribution >= 4 is 16.0 Å². The molecule has 2 atom stereocenters. The van der Waals surface area contributed by atoms with E-state index in [2.05, 4.69) is 4.72 Å². The minimum absolute atomic E-state index is 0.0687. The number of hydrogen-bond acceptors (Lipinski definition) is 4. The molecule has 20 heavy (non-hydrogen) atoms. The van der Waals surface area contributed by atoms with Gasteiger partial charge < -0.3 is 4.74 Å². The van der Waals surface area contributed by atoms with Gasteiger partial charge in [-0.05, 0) is 25.3 Å². The molecule has 2 unspecified atom stereocenters. The molecule has 1 N–H and O–H groups in total. The highest BCUT2D eigenvalue weighted by Gasteiger charge is 2.23. The number of esters is 1. The van der Waals surface area contributed by atoms with Crippen molar-refractivity contribution in [3.8, 4) is 0 Å². The van der Waals surface area contributed by atoms with Crippen molar-refractivity contribution in [3.05, 3.63) is 35.9 Å². The maximum absolute atomic E-state index is 12.0. The highest BCUT2D eigenvalue weighted by Crippen LogP contribution is 2.16. The number of carbonyl (C=O) groups excluding carboxylic acids is 1. The number of ether oxygens (including phenoxy) is 1. The molecule has 1 aromatic rings. The molecule has 0 heterocycles. The van der Waals surface area contributed by atoms with Gasteiger partial charge in [-0.3, -0.25) is 4.79 Å². The molecule has 0 spiro atoms. The first-order valence-electron chi connectivity index (χ1n) is 6.57. The van der Waals surface area contributed by atoms with E-state index in [1.54, 1.807) is 6.92 Å². The summed E-state index contributed by atoms with van der Waals surface area (Å²) in [5.41, 5.74) is 0.946. The Morgan fingerprint density at radius 3 is 2.40 bits per heavy atom. The number of sulfonamides is 1. The number of nitrogens with one attached hydrogen (secondary N) is 1. The van der Waals surface area contributed by atoms with Crippen molar-refractivity contribution in [2.24, 2.45) is 0 Å². The fourth-order valence-corrected chi connectivity index (χ4v) is 3.42. The van der Waals surface area contributed by atoms with E-state index in [-0.39, 0.29) is 18.3 Å². The molecule has 0 fully saturated rings. The summed E-state index contributed by atoms with van der Waals surface area (Å²) in [7, 11) is -3.54. The molecule has 6 heteroatoms. The highest BCUT2D eigenvalue weighted by molar-refractivity contribution is 7.89. The van der Waals surface area contributed by atoms with Gasteiger partial charge in [0.15, 0.2) is 0 Å². The molecule has 0 saturated heterocycles. The van der Waals surface area contributed by atoms with Crippen LogP contribution >= 0.6 is 0 Å². The first kappa shape index (κ1) is 16.7. The highest BCUT2D eigenvalue weighted by atomic mass is 32.2. The number of benzene rings is 1. The lowest BCUT2D eigenvalue weighted by atomic mass is 10.0. The van der Waals surface area contributed by atoms with E-state index in [9.17, 15) is 13.2 Å². The smallest absolute Gasteiger partial charge is 0.323 e. The van der Waals surface area contributed by atoms with E-state index < -0.39 is 22.0 Å². The monoisotopic (exact) mass is 299 g/mol. The zero-order chi connectivity index (χ0) is 15.2. The second-order valence-corrected chi connectivity index (χ2v) is 6.48. The zero-order valence-electron chi connectivity index (χ0n) is 12.0. The Hall–Kier alpha value is -1.40. The largest absolute Gasteiger partial charge is 0.465 e. The molecule has 0 bridgehead atoms. The zero-order valence-corrected chi connectivity index (χ0v) is 12.8. The number of hydrogen-bond donors (Lipinski definition) is 1. The molecule has 0 amide bonds. The van der Waals surface area contributed by atoms with Crippen LogP contribution in [0, 0.1) is 0 Å². The normalized spacial score (nSPS) is 14.6. The third-order valence-corrected chi connectivity index (χ3v) is 4.49. The van der Waals surface area contributed by atoms with E-state index in [0.717, 1.165) is 5.56 Å². The Bertz CT molecular complexity index is 527. The van der Waals surface area contributed by atoms with Crippen molar-refractivity contribution in [3.63, 3.8) is 0 Å². The van der Waals surface area contributed by atoms with Crippen molar-refractivity contribution in [1.29, 1.82) is 0 Å². The average Bonchev–Trinajstić information content (AvgIpc) is 2.38. The maximum atomic E-state index is 12.0. The van der Waals surface area contributed by atoms with Gasteiger partial charge in [0.1, 0.15) is 6.04 Å². The Morgan fingerprint density at radius 2 is 1.85 bits per heavy atom. The molecule has 0 radical (unpaired) electrons. The van der Waals surface area contributed by atoms with Gasteiger partial charge in [-0.15, -0.1) is 0 Å². The summed E-state index contributed by atoms with van der Waals surface area (Å²) in [5, 5.41) is 0. The third kappa shape index (κ3) is 5.30. The molecule has 0 aliphatic heterocycles. The van der Waals surface area contributed by atoms with Gasteiger partial charge in [-0.25, -0.2) is 13.1 Å². The van der Waals surface area contributed by atoms with Crippen molar-refractivity contribution in [1.82, 2.24) is 4.72 Å². The van der Waals surface area contributed by atoms with Crippen molar-refractivity contribution in [2.45, 2.75) is 32.7 Å². The summed E-state index contributed by atoms with van der Waals surface area (Å²) in [6.45, 7) is 5.22. The molecule has 1 rings (SSSR count). The molecular formula is C14H21NO4S. The molecule has 0 aromatic heterocycles. The van der Waals surface area contributed by atoms with E-state index in [0.29, 0.717) is 0 Å². The summed E-state index contributed by atoms with van der Waals surface area (Å²) >= 11 is 0. The SMILES string of the molecule is CCOC(=O)C(C)NS(=O)(=O)CC(C)c1ccccc1. The predicted octanol–water partition coefficient (Wildman–Crippen LogP) is 1.66. The lowest BCUT2D eigenvalue weighted by Crippen LogP contribution is -2.41. The molecule has 0 aliphatic carbocycles. The third-order valence-electron chi connectivity index (χ3n) is 2.83. The first-order valence-corrected chi connectivity index (χ1v) is 8.22. The van der Waals surface area contributed by atoms with Crippen molar-refractivity contribution < 1.29 is 17.9 Å². The van der Waals surface area contributed by atoms with Crippen LogP contribution in [0.25, 0.3) is 0 Å². The van der Waals surface area contributed by atoms with Gasteiger partial charge in [-0.2, -0.15) is 0 Å². The number of rotatable bonds is 7. The summed E-state index contributed by atoms with van der Waals surface area (Å²) in [6.07, 6.45) is 0. The lowest BCUT2D eigenvalue weighted by Gasteiger charge is -2.16. The molecule has 0 saturated carbocycles. The minimum atomic E-state index is -3.54. The van der Waals surface area contributed by atoms with Crippen LogP contribution in [0.5, 0.6) is 0 Å². The van der Waals surface area contributed by atoms with Crippen LogP contribution < -0.4 is 4.72 Å². The Morgan fingerprint density at radius 1 is 1.25 bits per heavy atom. The lowest BCUT2D eigenvalue weighted by molar-refractivity contribution is -0.144. The van der Waals surface area contributed by atoms with Crippen LogP contribution in [0.4, 0.5) is 0 Å². The van der Waals surface area contributed by atoms with Gasteiger partial charge in [0.2, 0.25) is 10.0 Å². The van der Waals surface area contributed by atoms with E-state index in [1.165, 1.54) is 6.92 Å². The van der Waals surface area contributed by atoms with Crippen LogP contribution in [0.2, 0.25) is 0 Å². The molecule has 5 nitrogen and oxygen atoms in total. The molecule has 0 aliphatic rings.